The van der Waals surface area contributed by atoms with Gasteiger partial charge in [-0.15, -0.1) is 0 Å². The van der Waals surface area contributed by atoms with Crippen molar-refractivity contribution in [3.8, 4) is 11.4 Å². The van der Waals surface area contributed by atoms with Crippen LogP contribution in [0.3, 0.4) is 0 Å². The summed E-state index contributed by atoms with van der Waals surface area (Å²) in [7, 11) is 0. The van der Waals surface area contributed by atoms with Crippen LogP contribution in [0.15, 0.2) is 77.0 Å². The second kappa shape index (κ2) is 9.37. The van der Waals surface area contributed by atoms with Crippen molar-refractivity contribution in [3.05, 3.63) is 107 Å². The van der Waals surface area contributed by atoms with Gasteiger partial charge in [-0.2, -0.15) is 4.98 Å². The molecule has 2 amide bonds. The maximum atomic E-state index is 14.0. The van der Waals surface area contributed by atoms with Gasteiger partial charge in [0.1, 0.15) is 11.6 Å². The minimum absolute atomic E-state index is 0.0530. The van der Waals surface area contributed by atoms with Crippen molar-refractivity contribution in [2.75, 3.05) is 4.90 Å². The summed E-state index contributed by atoms with van der Waals surface area (Å²) in [6.07, 6.45) is 0.915. The Hall–Kier alpha value is -4.33. The lowest BCUT2D eigenvalue weighted by Gasteiger charge is -2.35. The van der Waals surface area contributed by atoms with E-state index in [-0.39, 0.29) is 11.6 Å². The molecule has 4 aromatic rings. The van der Waals surface area contributed by atoms with Crippen molar-refractivity contribution in [2.24, 2.45) is 0 Å². The van der Waals surface area contributed by atoms with Crippen LogP contribution in [0.5, 0.6) is 0 Å². The van der Waals surface area contributed by atoms with E-state index in [0.717, 1.165) is 41.3 Å². The lowest BCUT2D eigenvalue weighted by atomic mass is 9.94. The summed E-state index contributed by atoms with van der Waals surface area (Å²) in [5.41, 5.74) is 4.86. The first-order valence-electron chi connectivity index (χ1n) is 11.6. The number of hydrogen-bond acceptors (Lipinski definition) is 4. The SMILES string of the molecule is CCc1ccc(-c2noc(C3=C(C)N(c4cc(F)cc(F)c4)C(=O)NC3c3ccc(C)cc3)n2)cc1. The maximum Gasteiger partial charge on any atom is 0.327 e. The fourth-order valence-electron chi connectivity index (χ4n) is 4.35. The van der Waals surface area contributed by atoms with Gasteiger partial charge in [-0.05, 0) is 43.5 Å². The van der Waals surface area contributed by atoms with Gasteiger partial charge in [-0.3, -0.25) is 4.90 Å². The summed E-state index contributed by atoms with van der Waals surface area (Å²) >= 11 is 0. The third-order valence-corrected chi connectivity index (χ3v) is 6.28. The van der Waals surface area contributed by atoms with E-state index in [4.69, 9.17) is 4.52 Å². The van der Waals surface area contributed by atoms with Crippen LogP contribution >= 0.6 is 0 Å². The zero-order valence-corrected chi connectivity index (χ0v) is 20.0. The largest absolute Gasteiger partial charge is 0.334 e. The van der Waals surface area contributed by atoms with Crippen molar-refractivity contribution in [3.63, 3.8) is 0 Å². The standard InChI is InChI=1S/C28H24F2N4O2/c1-4-18-7-11-20(12-8-18)26-32-27(36-33-26)24-17(3)34(23-14-21(29)13-22(30)15-23)28(35)31-25(24)19-9-5-16(2)6-10-19/h5-15,25H,4H2,1-3H3,(H,31,35). The van der Waals surface area contributed by atoms with Gasteiger partial charge in [0, 0.05) is 17.3 Å². The molecule has 182 valence electrons. The summed E-state index contributed by atoms with van der Waals surface area (Å²) < 4.78 is 33.7. The highest BCUT2D eigenvalue weighted by Gasteiger charge is 2.36. The molecule has 0 fully saturated rings. The molecule has 1 aliphatic rings. The van der Waals surface area contributed by atoms with E-state index in [2.05, 4.69) is 22.4 Å². The van der Waals surface area contributed by atoms with Crippen molar-refractivity contribution in [1.82, 2.24) is 15.5 Å². The number of aromatic nitrogens is 2. The zero-order valence-electron chi connectivity index (χ0n) is 20.0. The molecule has 1 atom stereocenters. The number of anilines is 1. The Morgan fingerprint density at radius 2 is 1.64 bits per heavy atom. The van der Waals surface area contributed by atoms with Crippen LogP contribution < -0.4 is 10.2 Å². The molecular weight excluding hydrogens is 462 g/mol. The molecule has 1 unspecified atom stereocenters. The summed E-state index contributed by atoms with van der Waals surface area (Å²) in [6, 6.07) is 17.4. The Morgan fingerprint density at radius 1 is 0.972 bits per heavy atom. The molecular formula is C28H24F2N4O2. The number of benzene rings is 3. The summed E-state index contributed by atoms with van der Waals surface area (Å²) in [4.78, 5) is 19.1. The third-order valence-electron chi connectivity index (χ3n) is 6.28. The molecule has 0 saturated carbocycles. The number of carbonyl (C=O) groups is 1. The Morgan fingerprint density at radius 3 is 2.28 bits per heavy atom. The van der Waals surface area contributed by atoms with Gasteiger partial charge >= 0.3 is 6.03 Å². The van der Waals surface area contributed by atoms with E-state index < -0.39 is 23.7 Å². The van der Waals surface area contributed by atoms with Crippen LogP contribution in [0.1, 0.15) is 42.5 Å². The number of allylic oxidation sites excluding steroid dienone is 1. The first-order valence-corrected chi connectivity index (χ1v) is 11.6. The molecule has 3 aromatic carbocycles. The second-order valence-corrected chi connectivity index (χ2v) is 8.73. The smallest absolute Gasteiger partial charge is 0.327 e. The van der Waals surface area contributed by atoms with Crippen molar-refractivity contribution in [2.45, 2.75) is 33.2 Å². The average molecular weight is 487 g/mol. The number of carbonyl (C=O) groups excluding carboxylic acids is 1. The summed E-state index contributed by atoms with van der Waals surface area (Å²) in [5, 5.41) is 7.11. The van der Waals surface area contributed by atoms with Gasteiger partial charge in [0.15, 0.2) is 0 Å². The van der Waals surface area contributed by atoms with E-state index in [9.17, 15) is 13.6 Å². The Kier molecular flexibility index (Phi) is 6.10. The first kappa shape index (κ1) is 23.4. The van der Waals surface area contributed by atoms with Gasteiger partial charge in [0.05, 0.1) is 17.3 Å². The van der Waals surface area contributed by atoms with Gasteiger partial charge in [-0.25, -0.2) is 13.6 Å². The fraction of sp³-hybridized carbons (Fsp3) is 0.179. The molecule has 5 rings (SSSR count). The summed E-state index contributed by atoms with van der Waals surface area (Å²) in [5.74, 6) is -0.975. The van der Waals surface area contributed by atoms with Crippen molar-refractivity contribution in [1.29, 1.82) is 0 Å². The molecule has 0 spiro atoms. The van der Waals surface area contributed by atoms with Gasteiger partial charge in [-0.1, -0.05) is 66.2 Å². The van der Waals surface area contributed by atoms with E-state index in [0.29, 0.717) is 17.1 Å². The minimum atomic E-state index is -0.789. The molecule has 0 bridgehead atoms. The Labute approximate surface area is 207 Å². The van der Waals surface area contributed by atoms with Gasteiger partial charge in [0.2, 0.25) is 5.82 Å². The number of aryl methyl sites for hydroxylation is 2. The minimum Gasteiger partial charge on any atom is -0.334 e. The van der Waals surface area contributed by atoms with E-state index in [1.807, 2.05) is 55.5 Å². The van der Waals surface area contributed by atoms with Crippen molar-refractivity contribution < 1.29 is 18.1 Å². The predicted molar refractivity (Wildman–Crippen MR) is 133 cm³/mol. The highest BCUT2D eigenvalue weighted by atomic mass is 19.1. The highest BCUT2D eigenvalue weighted by Crippen LogP contribution is 2.39. The number of halogens is 2. The number of rotatable bonds is 5. The zero-order chi connectivity index (χ0) is 25.4. The summed E-state index contributed by atoms with van der Waals surface area (Å²) in [6.45, 7) is 5.74. The van der Waals surface area contributed by atoms with Crippen LogP contribution in [-0.2, 0) is 6.42 Å². The fourth-order valence-corrected chi connectivity index (χ4v) is 4.35. The van der Waals surface area contributed by atoms with Crippen LogP contribution in [0.2, 0.25) is 0 Å². The number of nitrogens with one attached hydrogen (secondary N) is 1. The normalized spacial score (nSPS) is 15.9. The topological polar surface area (TPSA) is 71.3 Å². The van der Waals surface area contributed by atoms with Crippen molar-refractivity contribution >= 4 is 17.3 Å². The molecule has 1 N–H and O–H groups in total. The molecule has 36 heavy (non-hydrogen) atoms. The van der Waals surface area contributed by atoms with E-state index in [1.165, 1.54) is 10.5 Å². The van der Waals surface area contributed by atoms with Crippen LogP contribution in [-0.4, -0.2) is 16.2 Å². The number of urea groups is 1. The Balaban J connectivity index is 1.64. The van der Waals surface area contributed by atoms with Gasteiger partial charge in [0.25, 0.3) is 5.89 Å². The first-order chi connectivity index (χ1) is 17.3. The highest BCUT2D eigenvalue weighted by molar-refractivity contribution is 6.01. The van der Waals surface area contributed by atoms with E-state index >= 15 is 0 Å². The molecule has 0 aliphatic carbocycles. The number of amides is 2. The predicted octanol–water partition coefficient (Wildman–Crippen LogP) is 6.59. The number of nitrogens with zero attached hydrogens (tertiary/aromatic N) is 3. The maximum absolute atomic E-state index is 14.0. The van der Waals surface area contributed by atoms with Gasteiger partial charge < -0.3 is 9.84 Å². The molecule has 2 heterocycles. The molecule has 0 saturated heterocycles. The lowest BCUT2D eigenvalue weighted by molar-refractivity contribution is 0.244. The molecule has 6 nitrogen and oxygen atoms in total. The molecule has 1 aromatic heterocycles. The van der Waals surface area contributed by atoms with E-state index in [1.54, 1.807) is 6.92 Å². The Bertz CT molecular complexity index is 1440. The number of hydrogen-bond donors (Lipinski definition) is 1. The quantitative estimate of drug-likeness (QED) is 0.346. The third kappa shape index (κ3) is 4.37. The van der Waals surface area contributed by atoms with Crippen LogP contribution in [0.4, 0.5) is 19.3 Å². The van der Waals surface area contributed by atoms with Crippen LogP contribution in [0, 0.1) is 18.6 Å². The monoisotopic (exact) mass is 486 g/mol. The molecule has 1 aliphatic heterocycles. The van der Waals surface area contributed by atoms with Crippen LogP contribution in [0.25, 0.3) is 17.0 Å². The molecule has 8 heteroatoms. The second-order valence-electron chi connectivity index (χ2n) is 8.73. The lowest BCUT2D eigenvalue weighted by Crippen LogP contribution is -2.46. The molecule has 0 radical (unpaired) electrons. The average Bonchev–Trinajstić information content (AvgIpc) is 3.33.